The van der Waals surface area contributed by atoms with Crippen LogP contribution in [0.2, 0.25) is 0 Å². The van der Waals surface area contributed by atoms with Gasteiger partial charge in [-0.15, -0.1) is 0 Å². The van der Waals surface area contributed by atoms with E-state index >= 15 is 0 Å². The van der Waals surface area contributed by atoms with Gasteiger partial charge in [-0.25, -0.2) is 0 Å². The fourth-order valence-corrected chi connectivity index (χ4v) is 2.34. The number of rotatable bonds is 1. The van der Waals surface area contributed by atoms with Crippen molar-refractivity contribution in [3.8, 4) is 0 Å². The van der Waals surface area contributed by atoms with E-state index in [9.17, 15) is 18.4 Å². The second-order valence-corrected chi connectivity index (χ2v) is 5.76. The van der Waals surface area contributed by atoms with Crippen LogP contribution in [0.15, 0.2) is 0 Å². The molecule has 2 rings (SSSR count). The van der Waals surface area contributed by atoms with E-state index in [1.165, 1.54) is 6.42 Å². The predicted octanol–water partition coefficient (Wildman–Crippen LogP) is 1.72. The third kappa shape index (κ3) is 4.62. The molecule has 0 bridgehead atoms. The lowest BCUT2D eigenvalue weighted by Gasteiger charge is -2.34. The molecule has 0 aromatic carbocycles. The Hall–Kier alpha value is -1.24. The summed E-state index contributed by atoms with van der Waals surface area (Å²) in [6.07, 6.45) is -1.38. The summed E-state index contributed by atoms with van der Waals surface area (Å²) in [5, 5.41) is 0. The average Bonchev–Trinajstić information content (AvgIpc) is 2.39. The van der Waals surface area contributed by atoms with Gasteiger partial charge in [0.15, 0.2) is 0 Å². The second kappa shape index (κ2) is 7.15. The smallest absolute Gasteiger partial charge is 0.346 e. The van der Waals surface area contributed by atoms with Crippen LogP contribution in [0.4, 0.5) is 8.78 Å². The molecule has 1 atom stereocenters. The summed E-state index contributed by atoms with van der Waals surface area (Å²) < 4.78 is 29.2. The van der Waals surface area contributed by atoms with Crippen LogP contribution in [0, 0.1) is 5.92 Å². The van der Waals surface area contributed by atoms with Gasteiger partial charge in [0.1, 0.15) is 0 Å². The monoisotopic (exact) mass is 306 g/mol. The number of piperidine rings is 1. The van der Waals surface area contributed by atoms with Crippen LogP contribution >= 0.6 is 0 Å². The molecule has 2 fully saturated rings. The highest BCUT2D eigenvalue weighted by Crippen LogP contribution is 2.23. The molecule has 0 aromatic heterocycles. The third-order valence-electron chi connectivity index (χ3n) is 3.68. The summed E-state index contributed by atoms with van der Waals surface area (Å²) in [5.41, 5.74) is 0. The van der Waals surface area contributed by atoms with E-state index in [1.807, 2.05) is 18.9 Å². The number of morpholine rings is 1. The summed E-state index contributed by atoms with van der Waals surface area (Å²) in [6, 6.07) is -0.202. The maximum atomic E-state index is 12.6. The molecule has 2 aliphatic rings. The van der Waals surface area contributed by atoms with Crippen molar-refractivity contribution in [1.29, 1.82) is 0 Å². The molecule has 5 nitrogen and oxygen atoms in total. The molecule has 0 N–H and O–H groups in total. The highest BCUT2D eigenvalue weighted by molar-refractivity contribution is 5.82. The van der Waals surface area contributed by atoms with Gasteiger partial charge in [0.2, 0.25) is 5.91 Å². The van der Waals surface area contributed by atoms with Crippen LogP contribution in [0.1, 0.15) is 33.6 Å². The summed E-state index contributed by atoms with van der Waals surface area (Å²) >= 11 is 0. The minimum atomic E-state index is -3.62. The number of hydrogen-bond acceptors (Lipinski definition) is 3. The molecule has 0 spiro atoms. The van der Waals surface area contributed by atoms with E-state index in [1.54, 1.807) is 13.8 Å². The Labute approximate surface area is 124 Å². The van der Waals surface area contributed by atoms with Crippen LogP contribution < -0.4 is 0 Å². The minimum absolute atomic E-state index is 0.100. The van der Waals surface area contributed by atoms with E-state index in [0.29, 0.717) is 5.91 Å². The van der Waals surface area contributed by atoms with Crippen LogP contribution in [-0.4, -0.2) is 60.5 Å². The number of hydrogen-bond donors (Lipinski definition) is 0. The molecule has 122 valence electrons. The van der Waals surface area contributed by atoms with Crippen molar-refractivity contribution in [2.45, 2.75) is 45.8 Å². The molecule has 1 unspecified atom stereocenters. The number of amides is 2. The van der Waals surface area contributed by atoms with E-state index < -0.39 is 12.0 Å². The highest BCUT2D eigenvalue weighted by atomic mass is 19.3. The van der Waals surface area contributed by atoms with Crippen molar-refractivity contribution in [3.63, 3.8) is 0 Å². The van der Waals surface area contributed by atoms with Gasteiger partial charge in [0.05, 0.1) is 6.61 Å². The normalized spacial score (nSPS) is 25.8. The van der Waals surface area contributed by atoms with Crippen molar-refractivity contribution < 1.29 is 23.1 Å². The zero-order valence-corrected chi connectivity index (χ0v) is 13.1. The fourth-order valence-electron chi connectivity index (χ4n) is 2.34. The van der Waals surface area contributed by atoms with Crippen LogP contribution in [0.25, 0.3) is 0 Å². The molecule has 2 saturated heterocycles. The highest BCUT2D eigenvalue weighted by Gasteiger charge is 2.47. The number of carbonyl (C=O) groups excluding carboxylic acids is 2. The second-order valence-electron chi connectivity index (χ2n) is 5.76. The molecule has 21 heavy (non-hydrogen) atoms. The van der Waals surface area contributed by atoms with Gasteiger partial charge in [-0.3, -0.25) is 9.59 Å². The summed E-state index contributed by atoms with van der Waals surface area (Å²) in [7, 11) is 1.87. The Bertz CT molecular complexity index is 376. The van der Waals surface area contributed by atoms with Crippen LogP contribution in [-0.2, 0) is 14.3 Å². The Morgan fingerprint density at radius 3 is 2.33 bits per heavy atom. The number of nitrogens with zero attached hydrogens (tertiary/aromatic N) is 2. The summed E-state index contributed by atoms with van der Waals surface area (Å²) in [5.74, 6) is -0.659. The van der Waals surface area contributed by atoms with Crippen LogP contribution in [0.3, 0.4) is 0 Å². The summed E-state index contributed by atoms with van der Waals surface area (Å²) in [6.45, 7) is 6.47. The first-order chi connectivity index (χ1) is 9.66. The fraction of sp³-hybridized carbons (Fsp3) is 0.857. The van der Waals surface area contributed by atoms with E-state index in [2.05, 4.69) is 4.74 Å². The molecule has 2 heterocycles. The average molecular weight is 306 g/mol. The first-order valence-corrected chi connectivity index (χ1v) is 7.24. The third-order valence-corrected chi connectivity index (χ3v) is 3.68. The lowest BCUT2D eigenvalue weighted by molar-refractivity contribution is -0.257. The van der Waals surface area contributed by atoms with Gasteiger partial charge < -0.3 is 14.5 Å². The summed E-state index contributed by atoms with van der Waals surface area (Å²) in [4.78, 5) is 24.9. The predicted molar refractivity (Wildman–Crippen MR) is 73.8 cm³/mol. The van der Waals surface area contributed by atoms with Gasteiger partial charge >= 0.3 is 12.0 Å². The zero-order chi connectivity index (χ0) is 16.2. The topological polar surface area (TPSA) is 49.9 Å². The molecular weight excluding hydrogens is 282 g/mol. The molecule has 0 aromatic rings. The number of likely N-dealkylation sites (tertiary alicyclic amines) is 1. The van der Waals surface area contributed by atoms with E-state index in [-0.39, 0.29) is 25.1 Å². The largest absolute Gasteiger partial charge is 0.436 e. The number of alkyl halides is 2. The number of ether oxygens (including phenoxy) is 1. The molecule has 0 saturated carbocycles. The maximum absolute atomic E-state index is 12.6. The zero-order valence-electron chi connectivity index (χ0n) is 13.1. The molecule has 7 heteroatoms. The van der Waals surface area contributed by atoms with Crippen molar-refractivity contribution in [3.05, 3.63) is 0 Å². The quantitative estimate of drug-likeness (QED) is 0.741. The Kier molecular flexibility index (Phi) is 6.07. The lowest BCUT2D eigenvalue weighted by Crippen LogP contribution is -2.54. The lowest BCUT2D eigenvalue weighted by atomic mass is 10.0. The Morgan fingerprint density at radius 1 is 1.29 bits per heavy atom. The van der Waals surface area contributed by atoms with Crippen LogP contribution in [0.5, 0.6) is 0 Å². The van der Waals surface area contributed by atoms with Crippen molar-refractivity contribution >= 4 is 11.8 Å². The van der Waals surface area contributed by atoms with Gasteiger partial charge in [0.25, 0.3) is 0 Å². The molecule has 2 aliphatic heterocycles. The van der Waals surface area contributed by atoms with Gasteiger partial charge in [-0.1, -0.05) is 6.92 Å². The van der Waals surface area contributed by atoms with Crippen molar-refractivity contribution in [2.75, 3.05) is 26.7 Å². The molecule has 0 aliphatic carbocycles. The van der Waals surface area contributed by atoms with E-state index in [4.69, 9.17) is 0 Å². The SMILES string of the molecule is CC(C)N1CCOC(F)(F)C1=O.CC1CCCN(C)C1=O. The van der Waals surface area contributed by atoms with Gasteiger partial charge in [-0.2, -0.15) is 8.78 Å². The Balaban J connectivity index is 0.000000219. The van der Waals surface area contributed by atoms with Gasteiger partial charge in [0, 0.05) is 32.1 Å². The first-order valence-electron chi connectivity index (χ1n) is 7.24. The molecule has 0 radical (unpaired) electrons. The maximum Gasteiger partial charge on any atom is 0.436 e. The Morgan fingerprint density at radius 2 is 1.90 bits per heavy atom. The molecule has 2 amide bonds. The van der Waals surface area contributed by atoms with Gasteiger partial charge in [-0.05, 0) is 26.7 Å². The minimum Gasteiger partial charge on any atom is -0.346 e. The standard InChI is InChI=1S/C7H11F2NO2.C7H13NO/c1-5(2)10-3-4-12-7(8,9)6(10)11;1-6-4-3-5-8(2)7(6)9/h5H,3-4H2,1-2H3;6H,3-5H2,1-2H3. The number of carbonyl (C=O) groups is 2. The molecular formula is C14H24F2N2O3. The number of halogens is 2. The van der Waals surface area contributed by atoms with Crippen molar-refractivity contribution in [2.24, 2.45) is 5.92 Å². The first kappa shape index (κ1) is 17.8. The van der Waals surface area contributed by atoms with E-state index in [0.717, 1.165) is 17.9 Å². The van der Waals surface area contributed by atoms with Crippen molar-refractivity contribution in [1.82, 2.24) is 9.80 Å².